The first-order chi connectivity index (χ1) is 13.3. The maximum atomic E-state index is 14.8. The number of aromatic nitrogens is 1. The molecule has 0 saturated heterocycles. The molecule has 0 spiro atoms. The predicted octanol–water partition coefficient (Wildman–Crippen LogP) is 5.10. The zero-order valence-corrected chi connectivity index (χ0v) is 16.1. The summed E-state index contributed by atoms with van der Waals surface area (Å²) in [5.74, 6) is -4.06. The molecule has 0 amide bonds. The van der Waals surface area contributed by atoms with Crippen LogP contribution in [0.25, 0.3) is 10.9 Å². The SMILES string of the molecule is CCC[C@H](C(=O)O)c1c(C)n(C(=O)c2ccc(Cl)cc2)c2ccc(O)c(F)c12. The van der Waals surface area contributed by atoms with E-state index in [1.807, 2.05) is 6.92 Å². The van der Waals surface area contributed by atoms with Gasteiger partial charge in [-0.05, 0) is 55.3 Å². The molecule has 1 aromatic heterocycles. The second kappa shape index (κ2) is 7.64. The highest BCUT2D eigenvalue weighted by Crippen LogP contribution is 2.38. The van der Waals surface area contributed by atoms with Crippen LogP contribution in [0.1, 0.15) is 47.3 Å². The highest BCUT2D eigenvalue weighted by Gasteiger charge is 2.31. The summed E-state index contributed by atoms with van der Waals surface area (Å²) < 4.78 is 16.1. The van der Waals surface area contributed by atoms with Crippen molar-refractivity contribution in [3.05, 3.63) is 64.1 Å². The fourth-order valence-corrected chi connectivity index (χ4v) is 3.70. The molecule has 0 bridgehead atoms. The number of phenolic OH excluding ortho intramolecular Hbond substituents is 1. The van der Waals surface area contributed by atoms with E-state index in [0.717, 1.165) is 6.07 Å². The molecule has 28 heavy (non-hydrogen) atoms. The zero-order valence-electron chi connectivity index (χ0n) is 15.4. The number of halogens is 2. The molecule has 7 heteroatoms. The van der Waals surface area contributed by atoms with Crippen molar-refractivity contribution in [3.63, 3.8) is 0 Å². The lowest BCUT2D eigenvalue weighted by atomic mass is 9.92. The number of benzene rings is 2. The van der Waals surface area contributed by atoms with Crippen molar-refractivity contribution < 1.29 is 24.2 Å². The Bertz CT molecular complexity index is 1070. The number of aliphatic carboxylic acids is 1. The molecule has 3 rings (SSSR count). The Labute approximate surface area is 166 Å². The number of carboxylic acids is 1. The van der Waals surface area contributed by atoms with Gasteiger partial charge in [-0.2, -0.15) is 0 Å². The van der Waals surface area contributed by atoms with Crippen molar-refractivity contribution in [3.8, 4) is 5.75 Å². The van der Waals surface area contributed by atoms with Gasteiger partial charge in [0.1, 0.15) is 0 Å². The molecule has 0 saturated carbocycles. The Morgan fingerprint density at radius 3 is 2.39 bits per heavy atom. The van der Waals surface area contributed by atoms with E-state index in [0.29, 0.717) is 22.7 Å². The lowest BCUT2D eigenvalue weighted by Crippen LogP contribution is -2.16. The van der Waals surface area contributed by atoms with Crippen LogP contribution in [0.5, 0.6) is 5.75 Å². The van der Waals surface area contributed by atoms with E-state index in [4.69, 9.17) is 11.6 Å². The van der Waals surface area contributed by atoms with Gasteiger partial charge in [-0.25, -0.2) is 4.39 Å². The minimum atomic E-state index is -1.11. The summed E-state index contributed by atoms with van der Waals surface area (Å²) in [6.07, 6.45) is 0.841. The summed E-state index contributed by atoms with van der Waals surface area (Å²) in [7, 11) is 0. The number of carbonyl (C=O) groups is 2. The number of nitrogens with zero attached hydrogens (tertiary/aromatic N) is 1. The van der Waals surface area contributed by atoms with Crippen LogP contribution in [-0.2, 0) is 4.79 Å². The van der Waals surface area contributed by atoms with Crippen molar-refractivity contribution >= 4 is 34.4 Å². The molecule has 1 atom stereocenters. The summed E-state index contributed by atoms with van der Waals surface area (Å²) in [6, 6.07) is 8.81. The summed E-state index contributed by atoms with van der Waals surface area (Å²) >= 11 is 5.88. The fourth-order valence-electron chi connectivity index (χ4n) is 3.57. The van der Waals surface area contributed by atoms with Gasteiger partial charge in [0.2, 0.25) is 0 Å². The number of hydrogen-bond donors (Lipinski definition) is 2. The number of phenols is 1. The molecule has 5 nitrogen and oxygen atoms in total. The van der Waals surface area contributed by atoms with Crippen LogP contribution in [0.3, 0.4) is 0 Å². The molecule has 1 heterocycles. The van der Waals surface area contributed by atoms with Crippen LogP contribution in [0.2, 0.25) is 5.02 Å². The first-order valence-corrected chi connectivity index (χ1v) is 9.21. The first kappa shape index (κ1) is 19.9. The second-order valence-electron chi connectivity index (χ2n) is 6.62. The maximum absolute atomic E-state index is 14.8. The molecule has 2 aromatic carbocycles. The van der Waals surface area contributed by atoms with Gasteiger partial charge in [0.15, 0.2) is 11.6 Å². The molecule has 2 N–H and O–H groups in total. The van der Waals surface area contributed by atoms with Gasteiger partial charge >= 0.3 is 5.97 Å². The third kappa shape index (κ3) is 3.24. The van der Waals surface area contributed by atoms with Crippen molar-refractivity contribution in [2.24, 2.45) is 0 Å². The molecule has 3 aromatic rings. The van der Waals surface area contributed by atoms with E-state index < -0.39 is 29.4 Å². The number of hydrogen-bond acceptors (Lipinski definition) is 3. The number of carbonyl (C=O) groups excluding carboxylic acids is 1. The smallest absolute Gasteiger partial charge is 0.311 e. The van der Waals surface area contributed by atoms with Crippen molar-refractivity contribution in [2.75, 3.05) is 0 Å². The van der Waals surface area contributed by atoms with Crippen molar-refractivity contribution in [2.45, 2.75) is 32.6 Å². The average Bonchev–Trinajstić information content (AvgIpc) is 2.95. The first-order valence-electron chi connectivity index (χ1n) is 8.83. The maximum Gasteiger partial charge on any atom is 0.311 e. The normalized spacial score (nSPS) is 12.3. The molecule has 0 aliphatic carbocycles. The molecule has 0 radical (unpaired) electrons. The van der Waals surface area contributed by atoms with E-state index in [2.05, 4.69) is 0 Å². The number of fused-ring (bicyclic) bond motifs is 1. The van der Waals surface area contributed by atoms with Crippen LogP contribution in [-0.4, -0.2) is 26.7 Å². The Kier molecular flexibility index (Phi) is 5.42. The highest BCUT2D eigenvalue weighted by molar-refractivity contribution is 6.30. The predicted molar refractivity (Wildman–Crippen MR) is 105 cm³/mol. The van der Waals surface area contributed by atoms with E-state index >= 15 is 0 Å². The van der Waals surface area contributed by atoms with Gasteiger partial charge in [0.25, 0.3) is 5.91 Å². The van der Waals surface area contributed by atoms with Crippen molar-refractivity contribution in [1.82, 2.24) is 4.57 Å². The van der Waals surface area contributed by atoms with Crippen LogP contribution < -0.4 is 0 Å². The lowest BCUT2D eigenvalue weighted by molar-refractivity contribution is -0.139. The van der Waals surface area contributed by atoms with E-state index in [9.17, 15) is 24.2 Å². The van der Waals surface area contributed by atoms with Gasteiger partial charge in [-0.15, -0.1) is 0 Å². The fraction of sp³-hybridized carbons (Fsp3) is 0.238. The topological polar surface area (TPSA) is 79.5 Å². The molecular formula is C21H19ClFNO4. The summed E-state index contributed by atoms with van der Waals surface area (Å²) in [4.78, 5) is 25.0. The minimum absolute atomic E-state index is 0.0411. The molecule has 0 unspecified atom stereocenters. The van der Waals surface area contributed by atoms with Crippen LogP contribution in [0, 0.1) is 12.7 Å². The van der Waals surface area contributed by atoms with Gasteiger partial charge in [-0.3, -0.25) is 14.2 Å². The monoisotopic (exact) mass is 403 g/mol. The molecular weight excluding hydrogens is 385 g/mol. The third-order valence-corrected chi connectivity index (χ3v) is 5.11. The average molecular weight is 404 g/mol. The minimum Gasteiger partial charge on any atom is -0.505 e. The Balaban J connectivity index is 2.34. The summed E-state index contributed by atoms with van der Waals surface area (Å²) in [6.45, 7) is 3.42. The quantitative estimate of drug-likeness (QED) is 0.620. The molecule has 0 fully saturated rings. The Hall–Kier alpha value is -2.86. The van der Waals surface area contributed by atoms with Crippen LogP contribution in [0.15, 0.2) is 36.4 Å². The van der Waals surface area contributed by atoms with Crippen molar-refractivity contribution in [1.29, 1.82) is 0 Å². The van der Waals surface area contributed by atoms with Gasteiger partial charge < -0.3 is 10.2 Å². The Morgan fingerprint density at radius 1 is 1.18 bits per heavy atom. The molecule has 146 valence electrons. The van der Waals surface area contributed by atoms with Gasteiger partial charge in [-0.1, -0.05) is 24.9 Å². The summed E-state index contributed by atoms with van der Waals surface area (Å²) in [5.41, 5.74) is 1.08. The standard InChI is InChI=1S/C21H19ClFNO4/c1-3-4-14(21(27)28)17-11(2)24(15-9-10-16(25)19(23)18(15)17)20(26)12-5-7-13(22)8-6-12/h5-10,14,25H,3-4H2,1-2H3,(H,27,28)/t14-/m0/s1. The third-order valence-electron chi connectivity index (χ3n) is 4.85. The van der Waals surface area contributed by atoms with E-state index in [1.54, 1.807) is 31.2 Å². The van der Waals surface area contributed by atoms with Gasteiger partial charge in [0.05, 0.1) is 11.4 Å². The van der Waals surface area contributed by atoms with Gasteiger partial charge in [0, 0.05) is 21.7 Å². The highest BCUT2D eigenvalue weighted by atomic mass is 35.5. The number of rotatable bonds is 5. The zero-order chi connectivity index (χ0) is 20.6. The molecule has 0 aliphatic heterocycles. The lowest BCUT2D eigenvalue weighted by Gasteiger charge is -2.13. The summed E-state index contributed by atoms with van der Waals surface area (Å²) in [5, 5.41) is 20.0. The number of aromatic hydroxyl groups is 1. The van der Waals surface area contributed by atoms with E-state index in [-0.39, 0.29) is 22.9 Å². The van der Waals surface area contributed by atoms with E-state index in [1.165, 1.54) is 10.6 Å². The number of carboxylic acid groups (broad SMARTS) is 1. The van der Waals surface area contributed by atoms with Crippen LogP contribution >= 0.6 is 11.6 Å². The largest absolute Gasteiger partial charge is 0.505 e. The second-order valence-corrected chi connectivity index (χ2v) is 7.06. The molecule has 0 aliphatic rings. The van der Waals surface area contributed by atoms with Crippen LogP contribution in [0.4, 0.5) is 4.39 Å². The Morgan fingerprint density at radius 2 is 1.82 bits per heavy atom.